The molecule has 0 fully saturated rings. The van der Waals surface area contributed by atoms with E-state index in [0.717, 1.165) is 11.1 Å². The number of nitrogens with zero attached hydrogens (tertiary/aromatic N) is 4. The van der Waals surface area contributed by atoms with Crippen molar-refractivity contribution < 1.29 is 4.52 Å². The summed E-state index contributed by atoms with van der Waals surface area (Å²) < 4.78 is 4.91. The lowest BCUT2D eigenvalue weighted by molar-refractivity contribution is 0.394. The number of hydrogen-bond acceptors (Lipinski definition) is 5. The molecule has 7 nitrogen and oxygen atoms in total. The summed E-state index contributed by atoms with van der Waals surface area (Å²) in [6.45, 7) is 1.74. The van der Waals surface area contributed by atoms with Crippen LogP contribution in [0.3, 0.4) is 0 Å². The molecule has 0 saturated heterocycles. The van der Waals surface area contributed by atoms with Crippen LogP contribution in [0.4, 0.5) is 0 Å². The minimum atomic E-state index is -0.0786. The second kappa shape index (κ2) is 5.09. The standard InChI is InChI=1S/C11H12N6O/c1-7-15-10(17-18-7)9-4-2-8(3-5-9)6-14-16-11(12)13/h2-6H,1H3,(H4,12,13,16). The molecular weight excluding hydrogens is 232 g/mol. The van der Waals surface area contributed by atoms with Gasteiger partial charge in [0.2, 0.25) is 17.7 Å². The van der Waals surface area contributed by atoms with Crippen LogP contribution in [0.5, 0.6) is 0 Å². The van der Waals surface area contributed by atoms with E-state index in [0.29, 0.717) is 11.7 Å². The molecule has 0 unspecified atom stereocenters. The summed E-state index contributed by atoms with van der Waals surface area (Å²) in [5, 5.41) is 11.0. The molecule has 0 radical (unpaired) electrons. The lowest BCUT2D eigenvalue weighted by Crippen LogP contribution is -2.21. The molecule has 2 aromatic rings. The Morgan fingerprint density at radius 3 is 2.56 bits per heavy atom. The average Bonchev–Trinajstić information content (AvgIpc) is 2.76. The van der Waals surface area contributed by atoms with E-state index in [1.165, 1.54) is 0 Å². The second-order valence-electron chi connectivity index (χ2n) is 3.53. The van der Waals surface area contributed by atoms with Gasteiger partial charge in [-0.2, -0.15) is 10.1 Å². The van der Waals surface area contributed by atoms with Crippen LogP contribution in [0.2, 0.25) is 0 Å². The van der Waals surface area contributed by atoms with Crippen LogP contribution in [-0.2, 0) is 0 Å². The van der Waals surface area contributed by atoms with Crippen LogP contribution < -0.4 is 11.5 Å². The lowest BCUT2D eigenvalue weighted by Gasteiger charge is -1.95. The molecule has 4 N–H and O–H groups in total. The Kier molecular flexibility index (Phi) is 3.33. The first-order chi connectivity index (χ1) is 8.65. The molecule has 7 heteroatoms. The third-order valence-corrected chi connectivity index (χ3v) is 2.08. The van der Waals surface area contributed by atoms with E-state index >= 15 is 0 Å². The van der Waals surface area contributed by atoms with Crippen LogP contribution in [-0.4, -0.2) is 22.3 Å². The summed E-state index contributed by atoms with van der Waals surface area (Å²) in [5.41, 5.74) is 12.0. The number of hydrogen-bond donors (Lipinski definition) is 2. The third-order valence-electron chi connectivity index (χ3n) is 2.08. The van der Waals surface area contributed by atoms with Crippen LogP contribution in [0.15, 0.2) is 39.0 Å². The van der Waals surface area contributed by atoms with Gasteiger partial charge in [-0.3, -0.25) is 0 Å². The SMILES string of the molecule is Cc1nc(-c2ccc(C=NN=C(N)N)cc2)no1. The van der Waals surface area contributed by atoms with Gasteiger partial charge in [0.15, 0.2) is 0 Å². The highest BCUT2D eigenvalue weighted by Crippen LogP contribution is 2.15. The Morgan fingerprint density at radius 1 is 1.28 bits per heavy atom. The van der Waals surface area contributed by atoms with Crippen LogP contribution in [0, 0.1) is 6.92 Å². The maximum atomic E-state index is 5.15. The summed E-state index contributed by atoms with van der Waals surface area (Å²) in [7, 11) is 0. The van der Waals surface area contributed by atoms with E-state index in [-0.39, 0.29) is 5.96 Å². The Hall–Kier alpha value is -2.70. The third kappa shape index (κ3) is 2.91. The zero-order valence-electron chi connectivity index (χ0n) is 9.74. The van der Waals surface area contributed by atoms with Gasteiger partial charge >= 0.3 is 0 Å². The molecule has 0 aliphatic rings. The predicted molar refractivity (Wildman–Crippen MR) is 67.9 cm³/mol. The van der Waals surface area contributed by atoms with Gasteiger partial charge < -0.3 is 16.0 Å². The summed E-state index contributed by atoms with van der Waals surface area (Å²) in [4.78, 5) is 4.13. The van der Waals surface area contributed by atoms with E-state index in [1.54, 1.807) is 13.1 Å². The quantitative estimate of drug-likeness (QED) is 0.467. The maximum Gasteiger partial charge on any atom is 0.223 e. The van der Waals surface area contributed by atoms with E-state index in [1.807, 2.05) is 24.3 Å². The summed E-state index contributed by atoms with van der Waals surface area (Å²) in [6.07, 6.45) is 1.55. The molecule has 0 atom stereocenters. The zero-order valence-corrected chi connectivity index (χ0v) is 9.74. The first-order valence-corrected chi connectivity index (χ1v) is 5.18. The summed E-state index contributed by atoms with van der Waals surface area (Å²) in [5.74, 6) is 1.01. The maximum absolute atomic E-state index is 5.15. The van der Waals surface area contributed by atoms with E-state index < -0.39 is 0 Å². The van der Waals surface area contributed by atoms with Crippen molar-refractivity contribution in [2.45, 2.75) is 6.92 Å². The van der Waals surface area contributed by atoms with Crippen LogP contribution >= 0.6 is 0 Å². The van der Waals surface area contributed by atoms with Gasteiger partial charge in [-0.15, -0.1) is 5.10 Å². The molecule has 0 saturated carbocycles. The summed E-state index contributed by atoms with van der Waals surface area (Å²) in [6, 6.07) is 7.43. The van der Waals surface area contributed by atoms with Crippen molar-refractivity contribution in [1.82, 2.24) is 10.1 Å². The Balaban J connectivity index is 2.15. The topological polar surface area (TPSA) is 116 Å². The fourth-order valence-electron chi connectivity index (χ4n) is 1.30. The smallest absolute Gasteiger partial charge is 0.223 e. The number of aromatic nitrogens is 2. The van der Waals surface area contributed by atoms with Gasteiger partial charge in [-0.1, -0.05) is 29.4 Å². The molecule has 0 amide bonds. The number of rotatable bonds is 3. The van der Waals surface area contributed by atoms with E-state index in [2.05, 4.69) is 20.3 Å². The second-order valence-corrected chi connectivity index (χ2v) is 3.53. The number of nitrogens with two attached hydrogens (primary N) is 2. The number of benzene rings is 1. The monoisotopic (exact) mass is 244 g/mol. The van der Waals surface area contributed by atoms with Crippen molar-refractivity contribution >= 4 is 12.2 Å². The molecule has 1 heterocycles. The zero-order chi connectivity index (χ0) is 13.0. The van der Waals surface area contributed by atoms with Crippen molar-refractivity contribution in [2.75, 3.05) is 0 Å². The lowest BCUT2D eigenvalue weighted by atomic mass is 10.1. The summed E-state index contributed by atoms with van der Waals surface area (Å²) >= 11 is 0. The number of guanidine groups is 1. The average molecular weight is 244 g/mol. The highest BCUT2D eigenvalue weighted by Gasteiger charge is 2.04. The van der Waals surface area contributed by atoms with Crippen molar-refractivity contribution in [1.29, 1.82) is 0 Å². The highest BCUT2D eigenvalue weighted by molar-refractivity contribution is 5.82. The van der Waals surface area contributed by atoms with Crippen molar-refractivity contribution in [3.05, 3.63) is 35.7 Å². The molecule has 0 spiro atoms. The number of aryl methyl sites for hydroxylation is 1. The first kappa shape index (κ1) is 11.8. The van der Waals surface area contributed by atoms with Crippen molar-refractivity contribution in [3.8, 4) is 11.4 Å². The minimum Gasteiger partial charge on any atom is -0.369 e. The molecule has 0 aliphatic carbocycles. The van der Waals surface area contributed by atoms with Gasteiger partial charge in [0, 0.05) is 12.5 Å². The predicted octanol–water partition coefficient (Wildman–Crippen LogP) is 0.652. The highest BCUT2D eigenvalue weighted by atomic mass is 16.5. The van der Waals surface area contributed by atoms with Crippen molar-refractivity contribution in [2.24, 2.45) is 21.7 Å². The Morgan fingerprint density at radius 2 is 2.00 bits per heavy atom. The van der Waals surface area contributed by atoms with Gasteiger partial charge in [0.25, 0.3) is 0 Å². The van der Waals surface area contributed by atoms with Gasteiger partial charge in [-0.25, -0.2) is 0 Å². The van der Waals surface area contributed by atoms with Crippen molar-refractivity contribution in [3.63, 3.8) is 0 Å². The molecule has 1 aromatic carbocycles. The van der Waals surface area contributed by atoms with E-state index in [9.17, 15) is 0 Å². The first-order valence-electron chi connectivity index (χ1n) is 5.18. The van der Waals surface area contributed by atoms with Crippen LogP contribution in [0.25, 0.3) is 11.4 Å². The molecule has 18 heavy (non-hydrogen) atoms. The normalized spacial score (nSPS) is 10.7. The molecule has 2 rings (SSSR count). The Bertz CT molecular complexity index is 580. The molecule has 1 aromatic heterocycles. The van der Waals surface area contributed by atoms with Gasteiger partial charge in [0.05, 0.1) is 6.21 Å². The molecule has 92 valence electrons. The van der Waals surface area contributed by atoms with Crippen LogP contribution in [0.1, 0.15) is 11.5 Å². The largest absolute Gasteiger partial charge is 0.369 e. The van der Waals surface area contributed by atoms with E-state index in [4.69, 9.17) is 16.0 Å². The van der Waals surface area contributed by atoms with Gasteiger partial charge in [-0.05, 0) is 5.56 Å². The molecular formula is C11H12N6O. The fourth-order valence-corrected chi connectivity index (χ4v) is 1.30. The minimum absolute atomic E-state index is 0.0786. The molecule has 0 bridgehead atoms. The Labute approximate surface area is 103 Å². The molecule has 0 aliphatic heterocycles. The van der Waals surface area contributed by atoms with Gasteiger partial charge in [0.1, 0.15) is 0 Å². The fraction of sp³-hybridized carbons (Fsp3) is 0.0909.